The molecule has 0 fully saturated rings. The molecule has 0 spiro atoms. The minimum atomic E-state index is -0.585. The summed E-state index contributed by atoms with van der Waals surface area (Å²) >= 11 is 0. The van der Waals surface area contributed by atoms with Crippen LogP contribution in [0.4, 0.5) is 4.79 Å². The lowest BCUT2D eigenvalue weighted by molar-refractivity contribution is 0.0932. The second kappa shape index (κ2) is 6.15. The summed E-state index contributed by atoms with van der Waals surface area (Å²) in [5.41, 5.74) is 2.66. The zero-order valence-electron chi connectivity index (χ0n) is 10.5. The Morgan fingerprint density at radius 3 is 2.24 bits per heavy atom. The molecule has 6 nitrogen and oxygen atoms in total. The highest BCUT2D eigenvalue weighted by Crippen LogP contribution is 2.02. The predicted molar refractivity (Wildman–Crippen MR) is 63.3 cm³/mol. The Bertz CT molecular complexity index is 346. The van der Waals surface area contributed by atoms with Crippen LogP contribution in [0.1, 0.15) is 27.7 Å². The molecule has 0 aromatic carbocycles. The van der Waals surface area contributed by atoms with Crippen LogP contribution in [0.3, 0.4) is 0 Å². The Kier molecular flexibility index (Phi) is 4.84. The van der Waals surface area contributed by atoms with Gasteiger partial charge in [-0.2, -0.15) is 0 Å². The molecule has 1 aromatic rings. The molecule has 1 aromatic heterocycles. The molecule has 1 heterocycles. The second-order valence-corrected chi connectivity index (χ2v) is 4.13. The smallest absolute Gasteiger partial charge is 0.373 e. The van der Waals surface area contributed by atoms with Gasteiger partial charge < -0.3 is 4.74 Å². The number of hydrogen-bond acceptors (Lipinski definition) is 5. The first kappa shape index (κ1) is 13.4. The highest BCUT2D eigenvalue weighted by molar-refractivity contribution is 5.68. The van der Waals surface area contributed by atoms with Crippen LogP contribution in [0.2, 0.25) is 0 Å². The standard InChI is InChI=1S/C11H18N4O2/c1-8(2)15(9(3)4)14-11(16)17-10-12-6-5-7-13-10/h5-9H,1-4H3,(H,14,16). The number of rotatable bonds is 4. The first-order valence-electron chi connectivity index (χ1n) is 5.54. The average molecular weight is 238 g/mol. The van der Waals surface area contributed by atoms with Crippen LogP contribution < -0.4 is 10.2 Å². The molecule has 17 heavy (non-hydrogen) atoms. The zero-order valence-corrected chi connectivity index (χ0v) is 10.5. The van der Waals surface area contributed by atoms with E-state index >= 15 is 0 Å². The van der Waals surface area contributed by atoms with Crippen molar-refractivity contribution in [1.82, 2.24) is 20.4 Å². The predicted octanol–water partition coefficient (Wildman–Crippen LogP) is 1.60. The topological polar surface area (TPSA) is 67.4 Å². The van der Waals surface area contributed by atoms with Gasteiger partial charge in [0.05, 0.1) is 0 Å². The van der Waals surface area contributed by atoms with E-state index in [1.807, 2.05) is 27.7 Å². The second-order valence-electron chi connectivity index (χ2n) is 4.13. The molecule has 0 saturated heterocycles. The van der Waals surface area contributed by atoms with E-state index in [0.29, 0.717) is 0 Å². The summed E-state index contributed by atoms with van der Waals surface area (Å²) < 4.78 is 4.93. The molecule has 0 radical (unpaired) electrons. The van der Waals surface area contributed by atoms with E-state index in [4.69, 9.17) is 4.74 Å². The maximum absolute atomic E-state index is 11.6. The lowest BCUT2D eigenvalue weighted by Crippen LogP contribution is -2.51. The van der Waals surface area contributed by atoms with Gasteiger partial charge in [-0.25, -0.2) is 19.8 Å². The number of hydrazine groups is 1. The molecule has 0 bridgehead atoms. The first-order chi connectivity index (χ1) is 8.00. The fourth-order valence-corrected chi connectivity index (χ4v) is 1.40. The first-order valence-corrected chi connectivity index (χ1v) is 5.54. The third-order valence-electron chi connectivity index (χ3n) is 2.06. The van der Waals surface area contributed by atoms with E-state index in [9.17, 15) is 4.79 Å². The lowest BCUT2D eigenvalue weighted by Gasteiger charge is -2.29. The molecule has 1 rings (SSSR count). The van der Waals surface area contributed by atoms with Gasteiger partial charge >= 0.3 is 12.1 Å². The van der Waals surface area contributed by atoms with Gasteiger partial charge in [0.15, 0.2) is 0 Å². The number of nitrogens with zero attached hydrogens (tertiary/aromatic N) is 3. The maximum atomic E-state index is 11.6. The molecule has 0 aliphatic carbocycles. The van der Waals surface area contributed by atoms with Crippen molar-refractivity contribution in [2.45, 2.75) is 39.8 Å². The normalized spacial score (nSPS) is 11.0. The Morgan fingerprint density at radius 1 is 1.24 bits per heavy atom. The molecule has 6 heteroatoms. The summed E-state index contributed by atoms with van der Waals surface area (Å²) in [5, 5.41) is 1.80. The van der Waals surface area contributed by atoms with Crippen LogP contribution in [0.25, 0.3) is 0 Å². The van der Waals surface area contributed by atoms with Crippen LogP contribution in [0, 0.1) is 0 Å². The molecule has 1 amide bonds. The highest BCUT2D eigenvalue weighted by atomic mass is 16.6. The third kappa shape index (κ3) is 4.36. The summed E-state index contributed by atoms with van der Waals surface area (Å²) in [4.78, 5) is 19.2. The quantitative estimate of drug-likeness (QED) is 0.807. The van der Waals surface area contributed by atoms with Crippen molar-refractivity contribution in [3.8, 4) is 6.01 Å². The van der Waals surface area contributed by atoms with E-state index < -0.39 is 6.09 Å². The van der Waals surface area contributed by atoms with Crippen molar-refractivity contribution in [3.05, 3.63) is 18.5 Å². The van der Waals surface area contributed by atoms with Crippen molar-refractivity contribution in [3.63, 3.8) is 0 Å². The van der Waals surface area contributed by atoms with E-state index in [0.717, 1.165) is 0 Å². The van der Waals surface area contributed by atoms with Crippen molar-refractivity contribution in [2.75, 3.05) is 0 Å². The number of carbonyl (C=O) groups excluding carboxylic acids is 1. The van der Waals surface area contributed by atoms with Gasteiger partial charge in [0.1, 0.15) is 0 Å². The summed E-state index contributed by atoms with van der Waals surface area (Å²) in [6.07, 6.45) is 2.44. The number of ether oxygens (including phenoxy) is 1. The lowest BCUT2D eigenvalue weighted by atomic mass is 10.3. The molecular weight excluding hydrogens is 220 g/mol. The number of aromatic nitrogens is 2. The number of carbonyl (C=O) groups is 1. The van der Waals surface area contributed by atoms with Gasteiger partial charge in [-0.15, -0.1) is 0 Å². The molecule has 0 aliphatic rings. The van der Waals surface area contributed by atoms with Crippen LogP contribution in [-0.2, 0) is 0 Å². The fraction of sp³-hybridized carbons (Fsp3) is 0.545. The SMILES string of the molecule is CC(C)N(NC(=O)Oc1ncccn1)C(C)C. The molecule has 0 unspecified atom stereocenters. The minimum Gasteiger partial charge on any atom is -0.373 e. The van der Waals surface area contributed by atoms with Crippen molar-refractivity contribution < 1.29 is 9.53 Å². The van der Waals surface area contributed by atoms with Gasteiger partial charge in [0.2, 0.25) is 0 Å². The number of nitrogens with one attached hydrogen (secondary N) is 1. The minimum absolute atomic E-state index is 0.0393. The van der Waals surface area contributed by atoms with Crippen molar-refractivity contribution in [1.29, 1.82) is 0 Å². The van der Waals surface area contributed by atoms with Gasteiger partial charge in [-0.3, -0.25) is 5.43 Å². The van der Waals surface area contributed by atoms with Crippen LogP contribution in [0.15, 0.2) is 18.5 Å². The maximum Gasteiger partial charge on any atom is 0.429 e. The average Bonchev–Trinajstić information content (AvgIpc) is 2.26. The number of hydrogen-bond donors (Lipinski definition) is 1. The third-order valence-corrected chi connectivity index (χ3v) is 2.06. The van der Waals surface area contributed by atoms with Gasteiger partial charge in [-0.05, 0) is 33.8 Å². The molecule has 0 atom stereocenters. The number of amides is 1. The summed E-state index contributed by atoms with van der Waals surface area (Å²) in [6, 6.07) is 2.05. The molecule has 94 valence electrons. The summed E-state index contributed by atoms with van der Waals surface area (Å²) in [5.74, 6) is 0. The van der Waals surface area contributed by atoms with Gasteiger partial charge in [-0.1, -0.05) is 0 Å². The zero-order chi connectivity index (χ0) is 12.8. The van der Waals surface area contributed by atoms with E-state index in [2.05, 4.69) is 15.4 Å². The molecule has 0 saturated carbocycles. The van der Waals surface area contributed by atoms with Gasteiger partial charge in [0.25, 0.3) is 0 Å². The fourth-order valence-electron chi connectivity index (χ4n) is 1.40. The largest absolute Gasteiger partial charge is 0.429 e. The Labute approximate surface area is 101 Å². The summed E-state index contributed by atoms with van der Waals surface area (Å²) in [6.45, 7) is 7.94. The van der Waals surface area contributed by atoms with E-state index in [-0.39, 0.29) is 18.1 Å². The Morgan fingerprint density at radius 2 is 1.76 bits per heavy atom. The van der Waals surface area contributed by atoms with Crippen molar-refractivity contribution in [2.24, 2.45) is 0 Å². The van der Waals surface area contributed by atoms with Gasteiger partial charge in [0, 0.05) is 24.5 Å². The van der Waals surface area contributed by atoms with Crippen LogP contribution >= 0.6 is 0 Å². The summed E-state index contributed by atoms with van der Waals surface area (Å²) in [7, 11) is 0. The molecular formula is C11H18N4O2. The van der Waals surface area contributed by atoms with E-state index in [1.54, 1.807) is 11.1 Å². The van der Waals surface area contributed by atoms with E-state index in [1.165, 1.54) is 12.4 Å². The Balaban J connectivity index is 2.54. The monoisotopic (exact) mass is 238 g/mol. The Hall–Kier alpha value is -1.69. The molecule has 0 aliphatic heterocycles. The van der Waals surface area contributed by atoms with Crippen molar-refractivity contribution >= 4 is 6.09 Å². The highest BCUT2D eigenvalue weighted by Gasteiger charge is 2.17. The van der Waals surface area contributed by atoms with Crippen LogP contribution in [-0.4, -0.2) is 33.2 Å². The molecule has 1 N–H and O–H groups in total. The van der Waals surface area contributed by atoms with Crippen LogP contribution in [0.5, 0.6) is 6.01 Å².